The number of rotatable bonds is 3. The second-order valence-corrected chi connectivity index (χ2v) is 4.48. The Balaban J connectivity index is 2.03. The Morgan fingerprint density at radius 1 is 1.73 bits per heavy atom. The third-order valence-electron chi connectivity index (χ3n) is 2.60. The molecule has 1 N–H and O–H groups in total. The van der Waals surface area contributed by atoms with E-state index < -0.39 is 0 Å². The van der Waals surface area contributed by atoms with Gasteiger partial charge in [0.05, 0.1) is 18.9 Å². The van der Waals surface area contributed by atoms with Crippen LogP contribution in [0.1, 0.15) is 23.7 Å². The molecule has 1 aromatic heterocycles. The highest BCUT2D eigenvalue weighted by Gasteiger charge is 2.23. The molecule has 0 bridgehead atoms. The van der Waals surface area contributed by atoms with Crippen molar-refractivity contribution in [1.82, 2.24) is 9.88 Å². The molecule has 0 amide bonds. The molecule has 0 radical (unpaired) electrons. The van der Waals surface area contributed by atoms with Crippen LogP contribution in [0.25, 0.3) is 0 Å². The van der Waals surface area contributed by atoms with Crippen LogP contribution in [-0.2, 0) is 11.3 Å². The van der Waals surface area contributed by atoms with Crippen molar-refractivity contribution in [2.24, 2.45) is 0 Å². The van der Waals surface area contributed by atoms with Crippen molar-refractivity contribution in [3.63, 3.8) is 0 Å². The van der Waals surface area contributed by atoms with Crippen molar-refractivity contribution in [3.8, 4) is 0 Å². The molecule has 2 heterocycles. The fourth-order valence-electron chi connectivity index (χ4n) is 1.68. The average molecular weight is 228 g/mol. The summed E-state index contributed by atoms with van der Waals surface area (Å²) in [7, 11) is 0. The monoisotopic (exact) mass is 228 g/mol. The molecule has 0 spiro atoms. The van der Waals surface area contributed by atoms with Gasteiger partial charge in [-0.15, -0.1) is 11.3 Å². The van der Waals surface area contributed by atoms with E-state index in [9.17, 15) is 0 Å². The Bertz CT molecular complexity index is 316. The summed E-state index contributed by atoms with van der Waals surface area (Å²) in [5.74, 6) is 0. The van der Waals surface area contributed by atoms with E-state index >= 15 is 0 Å². The van der Waals surface area contributed by atoms with E-state index in [-0.39, 0.29) is 12.7 Å². The molecule has 1 aliphatic heterocycles. The van der Waals surface area contributed by atoms with Crippen molar-refractivity contribution < 1.29 is 9.84 Å². The highest BCUT2D eigenvalue weighted by Crippen LogP contribution is 2.25. The Morgan fingerprint density at radius 2 is 2.60 bits per heavy atom. The van der Waals surface area contributed by atoms with Crippen molar-refractivity contribution in [3.05, 3.63) is 16.1 Å². The number of hydrogen-bond acceptors (Lipinski definition) is 5. The second-order valence-electron chi connectivity index (χ2n) is 3.59. The molecule has 84 valence electrons. The van der Waals surface area contributed by atoms with Gasteiger partial charge in [0.15, 0.2) is 0 Å². The molecule has 1 unspecified atom stereocenters. The van der Waals surface area contributed by atoms with Crippen LogP contribution in [-0.4, -0.2) is 41.2 Å². The van der Waals surface area contributed by atoms with Crippen LogP contribution >= 0.6 is 11.3 Å². The minimum absolute atomic E-state index is 0.0146. The van der Waals surface area contributed by atoms with Crippen LogP contribution in [0.15, 0.2) is 5.38 Å². The minimum Gasteiger partial charge on any atom is -0.390 e. The van der Waals surface area contributed by atoms with E-state index in [0.29, 0.717) is 0 Å². The van der Waals surface area contributed by atoms with Crippen molar-refractivity contribution in [1.29, 1.82) is 0 Å². The fraction of sp³-hybridized carbons (Fsp3) is 0.700. The largest absolute Gasteiger partial charge is 0.390 e. The first-order valence-electron chi connectivity index (χ1n) is 5.22. The zero-order chi connectivity index (χ0) is 10.7. The molecular weight excluding hydrogens is 212 g/mol. The molecule has 0 aromatic carbocycles. The third kappa shape index (κ3) is 2.55. The van der Waals surface area contributed by atoms with Crippen LogP contribution < -0.4 is 0 Å². The van der Waals surface area contributed by atoms with Gasteiger partial charge in [-0.3, -0.25) is 4.90 Å². The van der Waals surface area contributed by atoms with E-state index in [1.807, 2.05) is 5.38 Å². The maximum Gasteiger partial charge on any atom is 0.123 e. The average Bonchev–Trinajstić information content (AvgIpc) is 2.78. The maximum atomic E-state index is 8.94. The summed E-state index contributed by atoms with van der Waals surface area (Å²) in [4.78, 5) is 6.69. The summed E-state index contributed by atoms with van der Waals surface area (Å²) in [5, 5.41) is 11.8. The summed E-state index contributed by atoms with van der Waals surface area (Å²) in [6, 6.07) is 0. The van der Waals surface area contributed by atoms with E-state index in [4.69, 9.17) is 9.84 Å². The SMILES string of the molecule is CCN1CCOC(c2nc(CO)cs2)C1. The van der Waals surface area contributed by atoms with Gasteiger partial charge in [0, 0.05) is 18.5 Å². The van der Waals surface area contributed by atoms with Gasteiger partial charge >= 0.3 is 0 Å². The van der Waals surface area contributed by atoms with Gasteiger partial charge in [-0.2, -0.15) is 0 Å². The summed E-state index contributed by atoms with van der Waals surface area (Å²) in [5.41, 5.74) is 0.743. The first kappa shape index (κ1) is 11.0. The number of nitrogens with zero attached hydrogens (tertiary/aromatic N) is 2. The zero-order valence-electron chi connectivity index (χ0n) is 8.85. The lowest BCUT2D eigenvalue weighted by molar-refractivity contribution is -0.0283. The predicted molar refractivity (Wildman–Crippen MR) is 58.8 cm³/mol. The van der Waals surface area contributed by atoms with Gasteiger partial charge in [0.2, 0.25) is 0 Å². The number of morpholine rings is 1. The Labute approximate surface area is 93.5 Å². The molecule has 5 heteroatoms. The topological polar surface area (TPSA) is 45.6 Å². The number of hydrogen-bond donors (Lipinski definition) is 1. The molecular formula is C10H16N2O2S. The van der Waals surface area contributed by atoms with Crippen molar-refractivity contribution >= 4 is 11.3 Å². The van der Waals surface area contributed by atoms with Crippen molar-refractivity contribution in [2.45, 2.75) is 19.6 Å². The van der Waals surface area contributed by atoms with Gasteiger partial charge in [0.1, 0.15) is 11.1 Å². The summed E-state index contributed by atoms with van der Waals surface area (Å²) < 4.78 is 5.68. The molecule has 1 aromatic rings. The molecule has 1 atom stereocenters. The number of thiazole rings is 1. The number of aliphatic hydroxyl groups excluding tert-OH is 1. The third-order valence-corrected chi connectivity index (χ3v) is 3.59. The predicted octanol–water partition coefficient (Wildman–Crippen LogP) is 1.03. The molecule has 4 nitrogen and oxygen atoms in total. The Hall–Kier alpha value is -0.490. The lowest BCUT2D eigenvalue weighted by Crippen LogP contribution is -2.38. The normalized spacial score (nSPS) is 23.2. The van der Waals surface area contributed by atoms with Gasteiger partial charge in [-0.05, 0) is 6.54 Å². The van der Waals surface area contributed by atoms with E-state index in [2.05, 4.69) is 16.8 Å². The Morgan fingerprint density at radius 3 is 3.27 bits per heavy atom. The van der Waals surface area contributed by atoms with Crippen LogP contribution in [0.4, 0.5) is 0 Å². The Kier molecular flexibility index (Phi) is 3.69. The van der Waals surface area contributed by atoms with Crippen LogP contribution in [0, 0.1) is 0 Å². The fourth-order valence-corrected chi connectivity index (χ4v) is 2.53. The second kappa shape index (κ2) is 5.03. The highest BCUT2D eigenvalue weighted by molar-refractivity contribution is 7.09. The molecule has 0 saturated carbocycles. The zero-order valence-corrected chi connectivity index (χ0v) is 9.66. The summed E-state index contributed by atoms with van der Waals surface area (Å²) in [6.45, 7) is 5.91. The number of aliphatic hydroxyl groups is 1. The van der Waals surface area contributed by atoms with Crippen LogP contribution in [0.3, 0.4) is 0 Å². The molecule has 2 rings (SSSR count). The number of likely N-dealkylation sites (N-methyl/N-ethyl adjacent to an activating group) is 1. The van der Waals surface area contributed by atoms with Crippen LogP contribution in [0.2, 0.25) is 0 Å². The number of aromatic nitrogens is 1. The van der Waals surface area contributed by atoms with Crippen molar-refractivity contribution in [2.75, 3.05) is 26.2 Å². The van der Waals surface area contributed by atoms with E-state index in [1.165, 1.54) is 0 Å². The first-order chi connectivity index (χ1) is 7.33. The van der Waals surface area contributed by atoms with Gasteiger partial charge in [-0.25, -0.2) is 4.98 Å². The lowest BCUT2D eigenvalue weighted by atomic mass is 10.3. The van der Waals surface area contributed by atoms with Crippen LogP contribution in [0.5, 0.6) is 0 Å². The van der Waals surface area contributed by atoms with Gasteiger partial charge in [-0.1, -0.05) is 6.92 Å². The standard InChI is InChI=1S/C10H16N2O2S/c1-2-12-3-4-14-9(5-12)10-11-8(6-13)7-15-10/h7,9,13H,2-6H2,1H3. The van der Waals surface area contributed by atoms with E-state index in [0.717, 1.165) is 36.9 Å². The van der Waals surface area contributed by atoms with Gasteiger partial charge in [0.25, 0.3) is 0 Å². The molecule has 15 heavy (non-hydrogen) atoms. The lowest BCUT2D eigenvalue weighted by Gasteiger charge is -2.30. The molecule has 0 aliphatic carbocycles. The smallest absolute Gasteiger partial charge is 0.123 e. The van der Waals surface area contributed by atoms with E-state index in [1.54, 1.807) is 11.3 Å². The van der Waals surface area contributed by atoms with Gasteiger partial charge < -0.3 is 9.84 Å². The maximum absolute atomic E-state index is 8.94. The summed E-state index contributed by atoms with van der Waals surface area (Å²) in [6.07, 6.45) is 0.0870. The quantitative estimate of drug-likeness (QED) is 0.839. The first-order valence-corrected chi connectivity index (χ1v) is 6.10. The molecule has 1 aliphatic rings. The minimum atomic E-state index is 0.0146. The highest BCUT2D eigenvalue weighted by atomic mass is 32.1. The summed E-state index contributed by atoms with van der Waals surface area (Å²) >= 11 is 1.57. The molecule has 1 fully saturated rings. The molecule has 1 saturated heterocycles. The number of ether oxygens (including phenoxy) is 1.